The highest BCUT2D eigenvalue weighted by Gasteiger charge is 2.29. The van der Waals surface area contributed by atoms with Gasteiger partial charge in [-0.05, 0) is 49.9 Å². The van der Waals surface area contributed by atoms with Crippen LogP contribution in [0.3, 0.4) is 0 Å². The van der Waals surface area contributed by atoms with Crippen LogP contribution in [-0.4, -0.2) is 12.6 Å². The SMILES string of the molecule is CCCCCCCCCCCOC(=O)CC1CCC(C2CCCCC2)CC1. The zero-order chi connectivity index (χ0) is 19.2. The van der Waals surface area contributed by atoms with Gasteiger partial charge >= 0.3 is 5.97 Å². The smallest absolute Gasteiger partial charge is 0.306 e. The highest BCUT2D eigenvalue weighted by Crippen LogP contribution is 2.40. The van der Waals surface area contributed by atoms with E-state index >= 15 is 0 Å². The molecule has 0 bridgehead atoms. The Morgan fingerprint density at radius 2 is 1.26 bits per heavy atom. The molecule has 2 aliphatic carbocycles. The van der Waals surface area contributed by atoms with Gasteiger partial charge in [0.2, 0.25) is 0 Å². The average Bonchev–Trinajstić information content (AvgIpc) is 2.70. The predicted molar refractivity (Wildman–Crippen MR) is 115 cm³/mol. The Hall–Kier alpha value is -0.530. The van der Waals surface area contributed by atoms with Gasteiger partial charge in [0.1, 0.15) is 0 Å². The summed E-state index contributed by atoms with van der Waals surface area (Å²) in [5.74, 6) is 2.62. The fourth-order valence-electron chi connectivity index (χ4n) is 5.36. The lowest BCUT2D eigenvalue weighted by atomic mass is 9.70. The van der Waals surface area contributed by atoms with Gasteiger partial charge in [0.15, 0.2) is 0 Å². The molecule has 0 heterocycles. The van der Waals surface area contributed by atoms with Crippen molar-refractivity contribution in [2.45, 2.75) is 129 Å². The average molecular weight is 379 g/mol. The largest absolute Gasteiger partial charge is 0.466 e. The fourth-order valence-corrected chi connectivity index (χ4v) is 5.36. The first-order chi connectivity index (χ1) is 13.3. The standard InChI is InChI=1S/C25H46O2/c1-2-3-4-5-6-7-8-9-13-20-27-25(26)21-22-16-18-24(19-17-22)23-14-11-10-12-15-23/h22-24H,2-21H2,1H3. The van der Waals surface area contributed by atoms with Crippen molar-refractivity contribution in [1.82, 2.24) is 0 Å². The van der Waals surface area contributed by atoms with Gasteiger partial charge in [-0.1, -0.05) is 90.4 Å². The molecule has 27 heavy (non-hydrogen) atoms. The zero-order valence-corrected chi connectivity index (χ0v) is 18.2. The highest BCUT2D eigenvalue weighted by atomic mass is 16.5. The summed E-state index contributed by atoms with van der Waals surface area (Å²) in [6, 6.07) is 0. The van der Waals surface area contributed by atoms with Crippen LogP contribution in [0, 0.1) is 17.8 Å². The molecular weight excluding hydrogens is 332 g/mol. The van der Waals surface area contributed by atoms with Gasteiger partial charge in [-0.25, -0.2) is 0 Å². The van der Waals surface area contributed by atoms with E-state index in [4.69, 9.17) is 4.74 Å². The minimum atomic E-state index is 0.0654. The van der Waals surface area contributed by atoms with Crippen molar-refractivity contribution < 1.29 is 9.53 Å². The first-order valence-electron chi connectivity index (χ1n) is 12.4. The molecule has 2 rings (SSSR count). The van der Waals surface area contributed by atoms with Crippen LogP contribution in [0.15, 0.2) is 0 Å². The van der Waals surface area contributed by atoms with Crippen molar-refractivity contribution in [3.05, 3.63) is 0 Å². The molecule has 0 aromatic heterocycles. The van der Waals surface area contributed by atoms with Gasteiger partial charge in [-0.15, -0.1) is 0 Å². The van der Waals surface area contributed by atoms with E-state index < -0.39 is 0 Å². The first kappa shape index (κ1) is 22.8. The van der Waals surface area contributed by atoms with Crippen molar-refractivity contribution in [2.75, 3.05) is 6.61 Å². The third kappa shape index (κ3) is 9.99. The number of hydrogen-bond acceptors (Lipinski definition) is 2. The quantitative estimate of drug-likeness (QED) is 0.241. The van der Waals surface area contributed by atoms with Gasteiger partial charge in [-0.2, -0.15) is 0 Å². The number of ether oxygens (including phenoxy) is 1. The number of rotatable bonds is 13. The van der Waals surface area contributed by atoms with Gasteiger partial charge in [0.05, 0.1) is 6.61 Å². The van der Waals surface area contributed by atoms with Crippen LogP contribution in [0.1, 0.15) is 129 Å². The van der Waals surface area contributed by atoms with E-state index in [1.807, 2.05) is 0 Å². The van der Waals surface area contributed by atoms with Gasteiger partial charge in [0.25, 0.3) is 0 Å². The Labute approximate surface area is 169 Å². The normalized spacial score (nSPS) is 24.0. The molecule has 0 aliphatic heterocycles. The lowest BCUT2D eigenvalue weighted by Gasteiger charge is -2.35. The van der Waals surface area contributed by atoms with Crippen molar-refractivity contribution >= 4 is 5.97 Å². The molecule has 0 atom stereocenters. The van der Waals surface area contributed by atoms with Gasteiger partial charge < -0.3 is 4.74 Å². The molecule has 2 aliphatic rings. The minimum absolute atomic E-state index is 0.0654. The lowest BCUT2D eigenvalue weighted by molar-refractivity contribution is -0.145. The second-order valence-electron chi connectivity index (χ2n) is 9.43. The van der Waals surface area contributed by atoms with Gasteiger partial charge in [-0.3, -0.25) is 4.79 Å². The minimum Gasteiger partial charge on any atom is -0.466 e. The molecule has 0 radical (unpaired) electrons. The van der Waals surface area contributed by atoms with Crippen LogP contribution in [0.2, 0.25) is 0 Å². The maximum atomic E-state index is 12.1. The third-order valence-electron chi connectivity index (χ3n) is 7.17. The number of carbonyl (C=O) groups excluding carboxylic acids is 1. The molecule has 0 aromatic carbocycles. The number of hydrogen-bond donors (Lipinski definition) is 0. The Balaban J connectivity index is 1.41. The Morgan fingerprint density at radius 1 is 0.704 bits per heavy atom. The summed E-state index contributed by atoms with van der Waals surface area (Å²) < 4.78 is 5.51. The second-order valence-corrected chi connectivity index (χ2v) is 9.43. The number of esters is 1. The van der Waals surface area contributed by atoms with Crippen LogP contribution >= 0.6 is 0 Å². The molecule has 2 saturated carbocycles. The molecule has 158 valence electrons. The van der Waals surface area contributed by atoms with E-state index in [-0.39, 0.29) is 5.97 Å². The summed E-state index contributed by atoms with van der Waals surface area (Å²) in [5, 5.41) is 0. The van der Waals surface area contributed by atoms with Crippen molar-refractivity contribution in [1.29, 1.82) is 0 Å². The van der Waals surface area contributed by atoms with E-state index in [1.165, 1.54) is 109 Å². The van der Waals surface area contributed by atoms with E-state index in [9.17, 15) is 4.79 Å². The first-order valence-corrected chi connectivity index (χ1v) is 12.4. The Kier molecular flexibility index (Phi) is 12.2. The molecule has 0 spiro atoms. The fraction of sp³-hybridized carbons (Fsp3) is 0.960. The maximum Gasteiger partial charge on any atom is 0.306 e. The third-order valence-corrected chi connectivity index (χ3v) is 7.17. The predicted octanol–water partition coefficient (Wildman–Crippen LogP) is 7.84. The summed E-state index contributed by atoms with van der Waals surface area (Å²) in [7, 11) is 0. The molecule has 0 saturated heterocycles. The highest BCUT2D eigenvalue weighted by molar-refractivity contribution is 5.69. The molecule has 0 amide bonds. The number of carbonyl (C=O) groups is 1. The topological polar surface area (TPSA) is 26.3 Å². The summed E-state index contributed by atoms with van der Waals surface area (Å²) in [6.07, 6.45) is 25.0. The summed E-state index contributed by atoms with van der Waals surface area (Å²) >= 11 is 0. The molecule has 0 N–H and O–H groups in total. The van der Waals surface area contributed by atoms with Crippen molar-refractivity contribution in [3.63, 3.8) is 0 Å². The lowest BCUT2D eigenvalue weighted by Crippen LogP contribution is -2.25. The van der Waals surface area contributed by atoms with Gasteiger partial charge in [0, 0.05) is 6.42 Å². The van der Waals surface area contributed by atoms with E-state index in [2.05, 4.69) is 6.92 Å². The monoisotopic (exact) mass is 378 g/mol. The van der Waals surface area contributed by atoms with Crippen LogP contribution in [0.4, 0.5) is 0 Å². The second kappa shape index (κ2) is 14.5. The van der Waals surface area contributed by atoms with Crippen molar-refractivity contribution in [2.24, 2.45) is 17.8 Å². The molecule has 0 unspecified atom stereocenters. The molecular formula is C25H46O2. The maximum absolute atomic E-state index is 12.1. The molecule has 2 heteroatoms. The molecule has 0 aromatic rings. The summed E-state index contributed by atoms with van der Waals surface area (Å²) in [6.45, 7) is 2.91. The van der Waals surface area contributed by atoms with Crippen molar-refractivity contribution in [3.8, 4) is 0 Å². The molecule has 2 nitrogen and oxygen atoms in total. The Morgan fingerprint density at radius 3 is 1.89 bits per heavy atom. The van der Waals surface area contributed by atoms with Crippen LogP contribution in [0.5, 0.6) is 0 Å². The van der Waals surface area contributed by atoms with Crippen LogP contribution in [-0.2, 0) is 9.53 Å². The zero-order valence-electron chi connectivity index (χ0n) is 18.2. The van der Waals surface area contributed by atoms with E-state index in [0.29, 0.717) is 18.9 Å². The molecule has 2 fully saturated rings. The van der Waals surface area contributed by atoms with Crippen LogP contribution < -0.4 is 0 Å². The van der Waals surface area contributed by atoms with Crippen LogP contribution in [0.25, 0.3) is 0 Å². The Bertz CT molecular complexity index is 365. The van der Waals surface area contributed by atoms with E-state index in [1.54, 1.807) is 0 Å². The van der Waals surface area contributed by atoms with E-state index in [0.717, 1.165) is 18.3 Å². The summed E-state index contributed by atoms with van der Waals surface area (Å²) in [5.41, 5.74) is 0. The number of unbranched alkanes of at least 4 members (excludes halogenated alkanes) is 8. The summed E-state index contributed by atoms with van der Waals surface area (Å²) in [4.78, 5) is 12.1.